The molecule has 0 radical (unpaired) electrons. The van der Waals surface area contributed by atoms with Gasteiger partial charge in [-0.3, -0.25) is 4.79 Å². The molecule has 1 aliphatic heterocycles. The van der Waals surface area contributed by atoms with Crippen molar-refractivity contribution in [3.63, 3.8) is 0 Å². The van der Waals surface area contributed by atoms with Crippen molar-refractivity contribution >= 4 is 27.0 Å². The van der Waals surface area contributed by atoms with Gasteiger partial charge in [-0.15, -0.1) is 0 Å². The normalized spacial score (nSPS) is 17.4. The number of ether oxygens (including phenoxy) is 2. The number of hydrogen-bond acceptors (Lipinski definition) is 7. The van der Waals surface area contributed by atoms with E-state index in [1.54, 1.807) is 24.3 Å². The van der Waals surface area contributed by atoms with Crippen LogP contribution in [0.1, 0.15) is 52.2 Å². The Bertz CT molecular complexity index is 2610. The summed E-state index contributed by atoms with van der Waals surface area (Å²) < 4.78 is 44.7. The zero-order valence-electron chi connectivity index (χ0n) is 32.6. The van der Waals surface area contributed by atoms with E-state index in [4.69, 9.17) is 9.47 Å². The lowest BCUT2D eigenvalue weighted by molar-refractivity contribution is -0.252. The lowest BCUT2D eigenvalue weighted by Gasteiger charge is -2.36. The quantitative estimate of drug-likeness (QED) is 0.102. The number of nitrogens with one attached hydrogen (secondary N) is 2. The number of benzene rings is 6. The lowest BCUT2D eigenvalue weighted by atomic mass is 9.99. The molecule has 1 aromatic heterocycles. The van der Waals surface area contributed by atoms with Crippen molar-refractivity contribution in [3.05, 3.63) is 191 Å². The number of aliphatic hydroxyl groups is 1. The van der Waals surface area contributed by atoms with Crippen LogP contribution in [0.25, 0.3) is 22.2 Å². The fraction of sp³-hybridized carbons (Fsp3) is 0.208. The van der Waals surface area contributed by atoms with Crippen LogP contribution in [0.2, 0.25) is 0 Å². The smallest absolute Gasteiger partial charge is 0.241 e. The summed E-state index contributed by atoms with van der Waals surface area (Å²) in [5.41, 5.74) is 9.30. The second kappa shape index (κ2) is 17.9. The molecule has 2 heterocycles. The molecule has 0 spiro atoms. The van der Waals surface area contributed by atoms with Crippen LogP contribution in [0.4, 0.5) is 0 Å². The summed E-state index contributed by atoms with van der Waals surface area (Å²) in [7, 11) is -3.96. The molecule has 1 fully saturated rings. The molecule has 10 nitrogen and oxygen atoms in total. The van der Waals surface area contributed by atoms with E-state index in [9.17, 15) is 18.3 Å². The van der Waals surface area contributed by atoms with Gasteiger partial charge < -0.3 is 24.5 Å². The van der Waals surface area contributed by atoms with Crippen LogP contribution in [0, 0.1) is 6.92 Å². The van der Waals surface area contributed by atoms with Gasteiger partial charge in [0.1, 0.15) is 6.04 Å². The highest BCUT2D eigenvalue weighted by molar-refractivity contribution is 7.89. The molecule has 6 aromatic carbocycles. The van der Waals surface area contributed by atoms with Crippen molar-refractivity contribution in [1.29, 1.82) is 0 Å². The van der Waals surface area contributed by atoms with E-state index in [2.05, 4.69) is 25.7 Å². The molecule has 59 heavy (non-hydrogen) atoms. The molecule has 0 aliphatic carbocycles. The topological polar surface area (TPSA) is 132 Å². The summed E-state index contributed by atoms with van der Waals surface area (Å²) in [5.74, 6) is -0.422. The lowest BCUT2D eigenvalue weighted by Crippen LogP contribution is -2.47. The van der Waals surface area contributed by atoms with Gasteiger partial charge in [-0.1, -0.05) is 127 Å². The van der Waals surface area contributed by atoms with Crippen LogP contribution in [-0.4, -0.2) is 41.1 Å². The molecule has 7 aromatic rings. The maximum atomic E-state index is 13.7. The first-order valence-corrected chi connectivity index (χ1v) is 21.2. The van der Waals surface area contributed by atoms with Crippen molar-refractivity contribution in [2.45, 2.75) is 68.9 Å². The van der Waals surface area contributed by atoms with Gasteiger partial charge in [0.15, 0.2) is 6.29 Å². The molecule has 300 valence electrons. The second-order valence-corrected chi connectivity index (χ2v) is 16.7. The van der Waals surface area contributed by atoms with Crippen molar-refractivity contribution in [3.8, 4) is 11.1 Å². The molecular formula is C48H46N4O6S. The number of para-hydroxylation sites is 2. The van der Waals surface area contributed by atoms with Crippen molar-refractivity contribution in [2.24, 2.45) is 0 Å². The van der Waals surface area contributed by atoms with Crippen LogP contribution in [0.3, 0.4) is 0 Å². The summed E-state index contributed by atoms with van der Waals surface area (Å²) in [4.78, 5) is 18.3. The summed E-state index contributed by atoms with van der Waals surface area (Å²) in [5, 5.41) is 12.6. The molecule has 0 saturated carbocycles. The summed E-state index contributed by atoms with van der Waals surface area (Å²) in [6.07, 6.45) is 1.69. The first-order valence-electron chi connectivity index (χ1n) is 19.7. The van der Waals surface area contributed by atoms with E-state index < -0.39 is 28.3 Å². The van der Waals surface area contributed by atoms with E-state index in [-0.39, 0.29) is 36.7 Å². The van der Waals surface area contributed by atoms with E-state index in [1.807, 2.05) is 135 Å². The van der Waals surface area contributed by atoms with E-state index in [0.717, 1.165) is 55.5 Å². The standard InChI is InChI=1S/C48H46N4O6S/c1-33-14-24-42(25-15-33)59(55,56)51-44(27-34-8-3-2-4-9-34)47(54)49-29-36-10-7-11-40(26-36)37-20-22-39(23-21-37)48-57-41(30-52-32-50-43-12-5-6-13-45(43)52)28-46(58-48)38-18-16-35(31-53)17-19-38/h2-26,32,41,44,46,48,51,53H,27-31H2,1H3,(H,49,54)/t41-,44-,46+,48+/m1/s1. The zero-order valence-corrected chi connectivity index (χ0v) is 33.5. The monoisotopic (exact) mass is 806 g/mol. The first-order chi connectivity index (χ1) is 28.7. The molecule has 11 heteroatoms. The van der Waals surface area contributed by atoms with Gasteiger partial charge in [-0.05, 0) is 77.1 Å². The van der Waals surface area contributed by atoms with Gasteiger partial charge in [-0.25, -0.2) is 13.4 Å². The van der Waals surface area contributed by atoms with Crippen LogP contribution in [-0.2, 0) is 50.4 Å². The number of hydrogen-bond donors (Lipinski definition) is 3. The third kappa shape index (κ3) is 9.68. The minimum absolute atomic E-state index is 0.0220. The molecular weight excluding hydrogens is 761 g/mol. The van der Waals surface area contributed by atoms with Crippen LogP contribution < -0.4 is 10.0 Å². The Hall–Kier alpha value is -5.95. The summed E-state index contributed by atoms with van der Waals surface area (Å²) >= 11 is 0. The number of amides is 1. The number of fused-ring (bicyclic) bond motifs is 1. The Kier molecular flexibility index (Phi) is 12.1. The van der Waals surface area contributed by atoms with Crippen LogP contribution in [0.15, 0.2) is 163 Å². The molecule has 0 unspecified atom stereocenters. The summed E-state index contributed by atoms with van der Waals surface area (Å²) in [6, 6.07) is 46.8. The highest BCUT2D eigenvalue weighted by Crippen LogP contribution is 2.39. The minimum atomic E-state index is -3.96. The fourth-order valence-electron chi connectivity index (χ4n) is 7.42. The second-order valence-electron chi connectivity index (χ2n) is 15.0. The molecule has 1 saturated heterocycles. The van der Waals surface area contributed by atoms with Crippen molar-refractivity contribution in [1.82, 2.24) is 19.6 Å². The Labute approximate surface area is 344 Å². The SMILES string of the molecule is Cc1ccc(S(=O)(=O)N[C@H](Cc2ccccc2)C(=O)NCc2cccc(-c3ccc([C@H]4O[C@@H](Cn5cnc6ccccc65)C[C@@H](c5ccc(CO)cc5)O4)cc3)c2)cc1. The third-order valence-corrected chi connectivity index (χ3v) is 12.2. The first kappa shape index (κ1) is 39.9. The Morgan fingerprint density at radius 3 is 2.25 bits per heavy atom. The number of aliphatic hydroxyl groups excluding tert-OH is 1. The van der Waals surface area contributed by atoms with Gasteiger partial charge in [0.2, 0.25) is 15.9 Å². The van der Waals surface area contributed by atoms with Crippen molar-refractivity contribution in [2.75, 3.05) is 0 Å². The number of aryl methyl sites for hydroxylation is 1. The number of nitrogens with zero attached hydrogens (tertiary/aromatic N) is 2. The average Bonchev–Trinajstić information content (AvgIpc) is 3.68. The highest BCUT2D eigenvalue weighted by Gasteiger charge is 2.33. The van der Waals surface area contributed by atoms with Gasteiger partial charge >= 0.3 is 0 Å². The number of sulfonamides is 1. The molecule has 1 aliphatic rings. The zero-order chi connectivity index (χ0) is 40.8. The van der Waals surface area contributed by atoms with Gasteiger partial charge in [0, 0.05) is 18.5 Å². The maximum absolute atomic E-state index is 13.7. The Morgan fingerprint density at radius 1 is 0.780 bits per heavy atom. The minimum Gasteiger partial charge on any atom is -0.392 e. The van der Waals surface area contributed by atoms with Gasteiger partial charge in [0.05, 0.1) is 47.6 Å². The predicted molar refractivity (Wildman–Crippen MR) is 227 cm³/mol. The van der Waals surface area contributed by atoms with Crippen molar-refractivity contribution < 1.29 is 27.8 Å². The largest absolute Gasteiger partial charge is 0.392 e. The van der Waals surface area contributed by atoms with Gasteiger partial charge in [0.25, 0.3) is 0 Å². The van der Waals surface area contributed by atoms with E-state index >= 15 is 0 Å². The fourth-order valence-corrected chi connectivity index (χ4v) is 8.62. The van der Waals surface area contributed by atoms with Gasteiger partial charge in [-0.2, -0.15) is 4.72 Å². The number of aromatic nitrogens is 2. The van der Waals surface area contributed by atoms with E-state index in [0.29, 0.717) is 13.0 Å². The third-order valence-electron chi connectivity index (χ3n) is 10.7. The predicted octanol–water partition coefficient (Wildman–Crippen LogP) is 7.96. The number of carbonyl (C=O) groups is 1. The van der Waals surface area contributed by atoms with E-state index in [1.165, 1.54) is 0 Å². The maximum Gasteiger partial charge on any atom is 0.241 e. The Morgan fingerprint density at radius 2 is 1.49 bits per heavy atom. The molecule has 8 rings (SSSR count). The number of imidazole rings is 1. The Balaban J connectivity index is 0.966. The molecule has 4 atom stereocenters. The van der Waals surface area contributed by atoms with Crippen LogP contribution in [0.5, 0.6) is 0 Å². The molecule has 0 bridgehead atoms. The highest BCUT2D eigenvalue weighted by atomic mass is 32.2. The number of carbonyl (C=O) groups excluding carboxylic acids is 1. The summed E-state index contributed by atoms with van der Waals surface area (Å²) in [6.45, 7) is 2.68. The molecule has 1 amide bonds. The number of rotatable bonds is 14. The van der Waals surface area contributed by atoms with Crippen LogP contribution >= 0.6 is 0 Å². The molecule has 3 N–H and O–H groups in total. The average molecular weight is 807 g/mol.